The Bertz CT molecular complexity index is 726. The molecule has 0 aliphatic rings. The number of ether oxygens (including phenoxy) is 1. The third-order valence-corrected chi connectivity index (χ3v) is 4.28. The Kier molecular flexibility index (Phi) is 8.01. The molecule has 0 aliphatic heterocycles. The summed E-state index contributed by atoms with van der Waals surface area (Å²) < 4.78 is 5.09. The fraction of sp³-hybridized carbons (Fsp3) is 0.364. The first-order valence-electron chi connectivity index (χ1n) is 9.09. The Balaban J connectivity index is 1.88. The molecule has 1 N–H and O–H groups in total. The number of carbonyl (C=O) groups excluding carboxylic acids is 1. The van der Waals surface area contributed by atoms with E-state index in [0.29, 0.717) is 17.7 Å². The third-order valence-electron chi connectivity index (χ3n) is 4.28. The van der Waals surface area contributed by atoms with Gasteiger partial charge in [-0.1, -0.05) is 49.3 Å². The zero-order valence-electron chi connectivity index (χ0n) is 16.0. The molecule has 0 spiro atoms. The number of nitrogens with zero attached hydrogens (tertiary/aromatic N) is 1. The number of rotatable bonds is 10. The minimum atomic E-state index is -0.793. The van der Waals surface area contributed by atoms with Gasteiger partial charge in [-0.2, -0.15) is 0 Å². The van der Waals surface area contributed by atoms with Gasteiger partial charge in [0.25, 0.3) is 0 Å². The van der Waals surface area contributed by atoms with E-state index in [1.807, 2.05) is 44.2 Å². The summed E-state index contributed by atoms with van der Waals surface area (Å²) in [6.07, 6.45) is 0.958. The zero-order chi connectivity index (χ0) is 19.6. The number of aliphatic hydroxyl groups is 1. The van der Waals surface area contributed by atoms with Gasteiger partial charge in [0, 0.05) is 18.4 Å². The van der Waals surface area contributed by atoms with Gasteiger partial charge in [0.2, 0.25) is 0 Å². The maximum Gasteiger partial charge on any atom is 0.165 e. The van der Waals surface area contributed by atoms with Crippen LogP contribution in [0.15, 0.2) is 59.8 Å². The molecule has 0 aromatic heterocycles. The highest BCUT2D eigenvalue weighted by molar-refractivity contribution is 5.96. The fourth-order valence-corrected chi connectivity index (χ4v) is 2.61. The molecule has 0 saturated heterocycles. The van der Waals surface area contributed by atoms with Crippen LogP contribution in [0.4, 0.5) is 0 Å². The van der Waals surface area contributed by atoms with Crippen molar-refractivity contribution in [3.8, 4) is 5.75 Å². The standard InChI is InChI=1S/C22H27NO4/c1-16(2)22(27-23-15-17-7-5-4-6-8-17)14-19(24)13-21(25)18-9-11-20(26-3)12-10-18/h4-12,15-16,19,22,24H,13-14H2,1-3H3/b23-15+/t19?,22-/m1/s1. The minimum Gasteiger partial charge on any atom is -0.497 e. The number of methoxy groups -OCH3 is 1. The summed E-state index contributed by atoms with van der Waals surface area (Å²) in [6, 6.07) is 16.5. The quantitative estimate of drug-likeness (QED) is 0.389. The van der Waals surface area contributed by atoms with Crippen LogP contribution in [0, 0.1) is 5.92 Å². The van der Waals surface area contributed by atoms with Crippen LogP contribution in [0.3, 0.4) is 0 Å². The van der Waals surface area contributed by atoms with Crippen molar-refractivity contribution < 1.29 is 19.5 Å². The molecule has 27 heavy (non-hydrogen) atoms. The van der Waals surface area contributed by atoms with Crippen molar-refractivity contribution in [2.75, 3.05) is 7.11 Å². The van der Waals surface area contributed by atoms with E-state index in [1.54, 1.807) is 37.6 Å². The molecule has 2 atom stereocenters. The molecule has 0 amide bonds. The summed E-state index contributed by atoms with van der Waals surface area (Å²) in [5.74, 6) is 0.737. The van der Waals surface area contributed by atoms with Gasteiger partial charge in [0.15, 0.2) is 5.78 Å². The van der Waals surface area contributed by atoms with Gasteiger partial charge in [0.1, 0.15) is 11.9 Å². The topological polar surface area (TPSA) is 68.1 Å². The Morgan fingerprint density at radius 3 is 2.37 bits per heavy atom. The van der Waals surface area contributed by atoms with Crippen molar-refractivity contribution in [3.63, 3.8) is 0 Å². The van der Waals surface area contributed by atoms with Crippen LogP contribution in [0.1, 0.15) is 42.6 Å². The predicted octanol–water partition coefficient (Wildman–Crippen LogP) is 4.09. The Morgan fingerprint density at radius 1 is 1.11 bits per heavy atom. The lowest BCUT2D eigenvalue weighted by molar-refractivity contribution is -0.00907. The van der Waals surface area contributed by atoms with Crippen LogP contribution in [0.25, 0.3) is 0 Å². The first-order valence-corrected chi connectivity index (χ1v) is 9.09. The minimum absolute atomic E-state index is 0.0430. The van der Waals surface area contributed by atoms with Crippen molar-refractivity contribution in [2.45, 2.75) is 38.9 Å². The first-order chi connectivity index (χ1) is 13.0. The SMILES string of the molecule is COc1ccc(C(=O)CC(O)C[C@@H](O/N=C/c2ccccc2)C(C)C)cc1. The first kappa shape index (κ1) is 20.6. The monoisotopic (exact) mass is 369 g/mol. The molecule has 2 aromatic rings. The predicted molar refractivity (Wildman–Crippen MR) is 106 cm³/mol. The van der Waals surface area contributed by atoms with Crippen LogP contribution in [-0.4, -0.2) is 36.4 Å². The second-order valence-electron chi connectivity index (χ2n) is 6.78. The van der Waals surface area contributed by atoms with Crippen molar-refractivity contribution in [2.24, 2.45) is 11.1 Å². The van der Waals surface area contributed by atoms with E-state index in [9.17, 15) is 9.90 Å². The van der Waals surface area contributed by atoms with Gasteiger partial charge < -0.3 is 14.7 Å². The van der Waals surface area contributed by atoms with Gasteiger partial charge in [-0.3, -0.25) is 4.79 Å². The van der Waals surface area contributed by atoms with Crippen LogP contribution in [0.5, 0.6) is 5.75 Å². The second-order valence-corrected chi connectivity index (χ2v) is 6.78. The number of Topliss-reactive ketones (excluding diaryl/α,β-unsaturated/α-hetero) is 1. The largest absolute Gasteiger partial charge is 0.497 e. The summed E-state index contributed by atoms with van der Waals surface area (Å²) >= 11 is 0. The number of ketones is 1. The van der Waals surface area contributed by atoms with Gasteiger partial charge in [-0.05, 0) is 35.7 Å². The summed E-state index contributed by atoms with van der Waals surface area (Å²) in [7, 11) is 1.58. The Hall–Kier alpha value is -2.66. The van der Waals surface area contributed by atoms with Crippen molar-refractivity contribution in [1.29, 1.82) is 0 Å². The number of benzene rings is 2. The van der Waals surface area contributed by atoms with E-state index in [4.69, 9.17) is 9.57 Å². The number of oxime groups is 1. The maximum atomic E-state index is 12.3. The normalized spacial score (nSPS) is 13.5. The molecule has 5 heteroatoms. The van der Waals surface area contributed by atoms with E-state index < -0.39 is 6.10 Å². The molecule has 2 rings (SSSR count). The molecule has 1 unspecified atom stereocenters. The van der Waals surface area contributed by atoms with Crippen LogP contribution >= 0.6 is 0 Å². The third kappa shape index (κ3) is 6.87. The van der Waals surface area contributed by atoms with E-state index in [0.717, 1.165) is 5.56 Å². The van der Waals surface area contributed by atoms with Crippen molar-refractivity contribution >= 4 is 12.0 Å². The molecule has 0 bridgehead atoms. The molecule has 144 valence electrons. The summed E-state index contributed by atoms with van der Waals surface area (Å²) in [5.41, 5.74) is 1.49. The summed E-state index contributed by atoms with van der Waals surface area (Å²) in [5, 5.41) is 14.4. The summed E-state index contributed by atoms with van der Waals surface area (Å²) in [4.78, 5) is 17.9. The second kappa shape index (κ2) is 10.5. The van der Waals surface area contributed by atoms with E-state index in [2.05, 4.69) is 5.16 Å². The smallest absolute Gasteiger partial charge is 0.165 e. The molecule has 0 heterocycles. The molecule has 2 aromatic carbocycles. The van der Waals surface area contributed by atoms with Gasteiger partial charge in [0.05, 0.1) is 19.4 Å². The average Bonchev–Trinajstić information content (AvgIpc) is 2.68. The highest BCUT2D eigenvalue weighted by atomic mass is 16.6. The Morgan fingerprint density at radius 2 is 1.78 bits per heavy atom. The Labute approximate surface area is 160 Å². The highest BCUT2D eigenvalue weighted by Crippen LogP contribution is 2.18. The number of aliphatic hydroxyl groups excluding tert-OH is 1. The van der Waals surface area contributed by atoms with Crippen molar-refractivity contribution in [3.05, 3.63) is 65.7 Å². The lowest BCUT2D eigenvalue weighted by atomic mass is 9.96. The molecule has 0 fully saturated rings. The van der Waals surface area contributed by atoms with Crippen LogP contribution < -0.4 is 4.74 Å². The zero-order valence-corrected chi connectivity index (χ0v) is 16.0. The number of hydrogen-bond donors (Lipinski definition) is 1. The molecule has 0 aliphatic carbocycles. The van der Waals surface area contributed by atoms with E-state index in [1.165, 1.54) is 0 Å². The maximum absolute atomic E-state index is 12.3. The van der Waals surface area contributed by atoms with Crippen molar-refractivity contribution in [1.82, 2.24) is 0 Å². The van der Waals surface area contributed by atoms with Gasteiger partial charge >= 0.3 is 0 Å². The molecular weight excluding hydrogens is 342 g/mol. The fourth-order valence-electron chi connectivity index (χ4n) is 2.61. The van der Waals surface area contributed by atoms with E-state index in [-0.39, 0.29) is 24.2 Å². The summed E-state index contributed by atoms with van der Waals surface area (Å²) in [6.45, 7) is 4.00. The molecule has 0 saturated carbocycles. The lowest BCUT2D eigenvalue weighted by Crippen LogP contribution is -2.26. The van der Waals surface area contributed by atoms with Crippen LogP contribution in [0.2, 0.25) is 0 Å². The molecule has 5 nitrogen and oxygen atoms in total. The highest BCUT2D eigenvalue weighted by Gasteiger charge is 2.22. The van der Waals surface area contributed by atoms with E-state index >= 15 is 0 Å². The molecule has 0 radical (unpaired) electrons. The van der Waals surface area contributed by atoms with Crippen LogP contribution in [-0.2, 0) is 4.84 Å². The molecular formula is C22H27NO4. The van der Waals surface area contributed by atoms with Gasteiger partial charge in [-0.25, -0.2) is 0 Å². The average molecular weight is 369 g/mol. The lowest BCUT2D eigenvalue weighted by Gasteiger charge is -2.21. The number of hydrogen-bond acceptors (Lipinski definition) is 5. The van der Waals surface area contributed by atoms with Gasteiger partial charge in [-0.15, -0.1) is 0 Å². The number of carbonyl (C=O) groups is 1.